The van der Waals surface area contributed by atoms with E-state index in [1.54, 1.807) is 13.2 Å². The van der Waals surface area contributed by atoms with Gasteiger partial charge >= 0.3 is 0 Å². The first-order valence-electron chi connectivity index (χ1n) is 6.39. The maximum Gasteiger partial charge on any atom is 0.127 e. The van der Waals surface area contributed by atoms with E-state index in [0.717, 1.165) is 12.0 Å². The van der Waals surface area contributed by atoms with E-state index >= 15 is 0 Å². The Bertz CT molecular complexity index is 372. The largest absolute Gasteiger partial charge is 0.491 e. The van der Waals surface area contributed by atoms with Crippen LogP contribution in [0.25, 0.3) is 0 Å². The minimum absolute atomic E-state index is 0.196. The Morgan fingerprint density at radius 3 is 2.68 bits per heavy atom. The lowest BCUT2D eigenvalue weighted by Crippen LogP contribution is -2.12. The van der Waals surface area contributed by atoms with Crippen LogP contribution in [0, 0.1) is 5.82 Å². The smallest absolute Gasteiger partial charge is 0.127 e. The third kappa shape index (κ3) is 6.00. The first-order chi connectivity index (χ1) is 9.15. The fourth-order valence-corrected chi connectivity index (χ4v) is 1.63. The summed E-state index contributed by atoms with van der Waals surface area (Å²) in [4.78, 5) is 0. The monoisotopic (exact) mass is 271 g/mol. The third-order valence-electron chi connectivity index (χ3n) is 2.59. The lowest BCUT2D eigenvalue weighted by Gasteiger charge is -2.14. The predicted molar refractivity (Wildman–Crippen MR) is 71.8 cm³/mol. The van der Waals surface area contributed by atoms with Gasteiger partial charge in [-0.3, -0.25) is 0 Å². The predicted octanol–water partition coefficient (Wildman–Crippen LogP) is 2.28. The molecule has 108 valence electrons. The second-order valence-electron chi connectivity index (χ2n) is 4.28. The Kier molecular flexibility index (Phi) is 7.40. The molecule has 0 aliphatic heterocycles. The highest BCUT2D eigenvalue weighted by molar-refractivity contribution is 5.36. The van der Waals surface area contributed by atoms with Crippen LogP contribution in [-0.2, 0) is 9.47 Å². The minimum Gasteiger partial charge on any atom is -0.491 e. The lowest BCUT2D eigenvalue weighted by molar-refractivity contribution is 0.0802. The van der Waals surface area contributed by atoms with E-state index in [-0.39, 0.29) is 11.9 Å². The van der Waals surface area contributed by atoms with Crippen molar-refractivity contribution in [1.82, 2.24) is 0 Å². The first-order valence-corrected chi connectivity index (χ1v) is 6.39. The number of benzene rings is 1. The molecule has 0 spiro atoms. The van der Waals surface area contributed by atoms with Gasteiger partial charge in [-0.25, -0.2) is 4.39 Å². The summed E-state index contributed by atoms with van der Waals surface area (Å²) in [6, 6.07) is 4.18. The number of methoxy groups -OCH3 is 1. The number of ether oxygens (including phenoxy) is 3. The fourth-order valence-electron chi connectivity index (χ4n) is 1.63. The maximum atomic E-state index is 13.2. The van der Waals surface area contributed by atoms with Gasteiger partial charge < -0.3 is 19.9 Å². The number of halogens is 1. The van der Waals surface area contributed by atoms with Crippen molar-refractivity contribution in [2.24, 2.45) is 5.73 Å². The van der Waals surface area contributed by atoms with E-state index in [9.17, 15) is 4.39 Å². The highest BCUT2D eigenvalue weighted by atomic mass is 19.1. The van der Waals surface area contributed by atoms with Crippen molar-refractivity contribution < 1.29 is 18.6 Å². The van der Waals surface area contributed by atoms with Crippen molar-refractivity contribution in [3.05, 3.63) is 29.6 Å². The lowest BCUT2D eigenvalue weighted by atomic mass is 10.1. The average Bonchev–Trinajstić information content (AvgIpc) is 2.37. The molecule has 1 rings (SSSR count). The molecule has 1 atom stereocenters. The Morgan fingerprint density at radius 2 is 2.00 bits per heavy atom. The molecular weight excluding hydrogens is 249 g/mol. The Balaban J connectivity index is 2.34. The normalized spacial score (nSPS) is 12.4. The summed E-state index contributed by atoms with van der Waals surface area (Å²) in [5.74, 6) is 0.149. The molecule has 0 aromatic heterocycles. The molecule has 0 aliphatic rings. The van der Waals surface area contributed by atoms with Crippen LogP contribution >= 0.6 is 0 Å². The molecule has 1 aromatic carbocycles. The van der Waals surface area contributed by atoms with Crippen molar-refractivity contribution in [2.75, 3.05) is 33.5 Å². The van der Waals surface area contributed by atoms with Crippen molar-refractivity contribution in [2.45, 2.75) is 19.4 Å². The second-order valence-corrected chi connectivity index (χ2v) is 4.28. The van der Waals surface area contributed by atoms with Gasteiger partial charge in [0.1, 0.15) is 18.2 Å². The molecule has 19 heavy (non-hydrogen) atoms. The molecule has 0 saturated heterocycles. The summed E-state index contributed by atoms with van der Waals surface area (Å²) in [6.45, 7) is 3.97. The Labute approximate surface area is 113 Å². The van der Waals surface area contributed by atoms with Gasteiger partial charge in [-0.05, 0) is 19.4 Å². The molecule has 0 amide bonds. The van der Waals surface area contributed by atoms with Crippen LogP contribution in [0.3, 0.4) is 0 Å². The van der Waals surface area contributed by atoms with Crippen LogP contribution < -0.4 is 10.5 Å². The summed E-state index contributed by atoms with van der Waals surface area (Å²) in [5, 5.41) is 0. The van der Waals surface area contributed by atoms with Crippen molar-refractivity contribution >= 4 is 0 Å². The van der Waals surface area contributed by atoms with Crippen molar-refractivity contribution in [3.8, 4) is 5.75 Å². The van der Waals surface area contributed by atoms with Gasteiger partial charge in [-0.2, -0.15) is 0 Å². The molecule has 0 heterocycles. The van der Waals surface area contributed by atoms with Crippen molar-refractivity contribution in [3.63, 3.8) is 0 Å². The van der Waals surface area contributed by atoms with Crippen LogP contribution in [0.15, 0.2) is 18.2 Å². The SMILES string of the molecule is COCCCOCCOc1cc(F)ccc1C(C)N. The zero-order valence-electron chi connectivity index (χ0n) is 11.5. The van der Waals surface area contributed by atoms with Crippen LogP contribution in [0.4, 0.5) is 4.39 Å². The van der Waals surface area contributed by atoms with Gasteiger partial charge in [0.2, 0.25) is 0 Å². The molecule has 0 aliphatic carbocycles. The molecule has 2 N–H and O–H groups in total. The van der Waals surface area contributed by atoms with E-state index in [0.29, 0.717) is 32.2 Å². The first kappa shape index (κ1) is 15.9. The standard InChI is InChI=1S/C14H22FNO3/c1-11(16)13-5-4-12(15)10-14(13)19-9-8-18-7-3-6-17-2/h4-5,10-11H,3,6-9,16H2,1-2H3. The summed E-state index contributed by atoms with van der Waals surface area (Å²) in [5.41, 5.74) is 6.59. The molecule has 1 aromatic rings. The van der Waals surface area contributed by atoms with Gasteiger partial charge in [-0.1, -0.05) is 6.07 Å². The molecule has 4 nitrogen and oxygen atoms in total. The van der Waals surface area contributed by atoms with Gasteiger partial charge in [0.05, 0.1) is 6.61 Å². The van der Waals surface area contributed by atoms with Crippen LogP contribution in [-0.4, -0.2) is 33.5 Å². The molecule has 5 heteroatoms. The topological polar surface area (TPSA) is 53.7 Å². The Hall–Kier alpha value is -1.17. The number of hydrogen-bond donors (Lipinski definition) is 1. The maximum absolute atomic E-state index is 13.2. The van der Waals surface area contributed by atoms with Gasteiger partial charge in [0.25, 0.3) is 0 Å². The van der Waals surface area contributed by atoms with E-state index in [4.69, 9.17) is 19.9 Å². The van der Waals surface area contributed by atoms with E-state index in [2.05, 4.69) is 0 Å². The fraction of sp³-hybridized carbons (Fsp3) is 0.571. The zero-order valence-corrected chi connectivity index (χ0v) is 11.5. The molecule has 0 saturated carbocycles. The molecular formula is C14H22FNO3. The molecule has 0 fully saturated rings. The van der Waals surface area contributed by atoms with E-state index in [1.165, 1.54) is 12.1 Å². The summed E-state index contributed by atoms with van der Waals surface area (Å²) >= 11 is 0. The van der Waals surface area contributed by atoms with Gasteiger partial charge in [0.15, 0.2) is 0 Å². The molecule has 0 radical (unpaired) electrons. The van der Waals surface area contributed by atoms with Crippen LogP contribution in [0.2, 0.25) is 0 Å². The molecule has 1 unspecified atom stereocenters. The average molecular weight is 271 g/mol. The van der Waals surface area contributed by atoms with E-state index < -0.39 is 0 Å². The van der Waals surface area contributed by atoms with Crippen LogP contribution in [0.1, 0.15) is 24.9 Å². The second kappa shape index (κ2) is 8.85. The van der Waals surface area contributed by atoms with Gasteiger partial charge in [0, 0.05) is 38.0 Å². The summed E-state index contributed by atoms with van der Waals surface area (Å²) in [7, 11) is 1.66. The zero-order chi connectivity index (χ0) is 14.1. The summed E-state index contributed by atoms with van der Waals surface area (Å²) < 4.78 is 28.9. The van der Waals surface area contributed by atoms with Crippen molar-refractivity contribution in [1.29, 1.82) is 0 Å². The number of hydrogen-bond acceptors (Lipinski definition) is 4. The highest BCUT2D eigenvalue weighted by Gasteiger charge is 2.09. The Morgan fingerprint density at radius 1 is 1.21 bits per heavy atom. The minimum atomic E-state index is -0.333. The summed E-state index contributed by atoms with van der Waals surface area (Å²) in [6.07, 6.45) is 0.849. The number of nitrogens with two attached hydrogens (primary N) is 1. The third-order valence-corrected chi connectivity index (χ3v) is 2.59. The quantitative estimate of drug-likeness (QED) is 0.700. The van der Waals surface area contributed by atoms with E-state index in [1.807, 2.05) is 6.92 Å². The number of rotatable bonds is 9. The van der Waals surface area contributed by atoms with Gasteiger partial charge in [-0.15, -0.1) is 0 Å². The molecule has 0 bridgehead atoms. The highest BCUT2D eigenvalue weighted by Crippen LogP contribution is 2.24. The van der Waals surface area contributed by atoms with Crippen LogP contribution in [0.5, 0.6) is 5.75 Å².